The fourth-order valence-corrected chi connectivity index (χ4v) is 1.52. The van der Waals surface area contributed by atoms with E-state index in [9.17, 15) is 9.18 Å². The highest BCUT2D eigenvalue weighted by molar-refractivity contribution is 9.10. The predicted octanol–water partition coefficient (Wildman–Crippen LogP) is 2.67. The van der Waals surface area contributed by atoms with Crippen molar-refractivity contribution < 1.29 is 18.8 Å². The molecule has 1 amide bonds. The maximum absolute atomic E-state index is 12.8. The van der Waals surface area contributed by atoms with Gasteiger partial charge in [-0.05, 0) is 40.0 Å². The first-order valence-electron chi connectivity index (χ1n) is 5.47. The summed E-state index contributed by atoms with van der Waals surface area (Å²) in [6, 6.07) is 3.97. The van der Waals surface area contributed by atoms with E-state index in [-0.39, 0.29) is 12.4 Å². The van der Waals surface area contributed by atoms with E-state index in [2.05, 4.69) is 21.4 Å². The number of rotatable bonds is 6. The molecule has 18 heavy (non-hydrogen) atoms. The molecule has 0 saturated heterocycles. The summed E-state index contributed by atoms with van der Waals surface area (Å²) in [5, 5.41) is 0. The maximum Gasteiger partial charge on any atom is 0.281 e. The van der Waals surface area contributed by atoms with E-state index in [0.29, 0.717) is 22.7 Å². The number of amides is 1. The quantitative estimate of drug-likeness (QED) is 0.820. The average molecular weight is 320 g/mol. The van der Waals surface area contributed by atoms with Gasteiger partial charge in [0.1, 0.15) is 11.6 Å². The molecule has 0 spiro atoms. The third-order valence-corrected chi connectivity index (χ3v) is 2.48. The monoisotopic (exact) mass is 319 g/mol. The Balaban J connectivity index is 2.33. The van der Waals surface area contributed by atoms with Crippen molar-refractivity contribution in [3.63, 3.8) is 0 Å². The molecule has 100 valence electrons. The zero-order valence-corrected chi connectivity index (χ0v) is 11.8. The summed E-state index contributed by atoms with van der Waals surface area (Å²) in [4.78, 5) is 16.3. The number of benzene rings is 1. The Hall–Kier alpha value is -1.14. The summed E-state index contributed by atoms with van der Waals surface area (Å²) in [6.45, 7) is 4.19. The smallest absolute Gasteiger partial charge is 0.281 e. The third-order valence-electron chi connectivity index (χ3n) is 1.86. The number of hydrogen-bond acceptors (Lipinski definition) is 3. The normalized spacial score (nSPS) is 10.5. The molecular formula is C12H15BrFNO3. The molecule has 0 heterocycles. The van der Waals surface area contributed by atoms with Crippen molar-refractivity contribution in [3.05, 3.63) is 28.5 Å². The first-order valence-corrected chi connectivity index (χ1v) is 6.27. The summed E-state index contributed by atoms with van der Waals surface area (Å²) in [7, 11) is 0. The van der Waals surface area contributed by atoms with Crippen LogP contribution in [0.1, 0.15) is 13.8 Å². The Morgan fingerprint density at radius 1 is 1.50 bits per heavy atom. The molecule has 0 unspecified atom stereocenters. The van der Waals surface area contributed by atoms with Crippen LogP contribution < -0.4 is 10.2 Å². The minimum atomic E-state index is -0.396. The lowest BCUT2D eigenvalue weighted by molar-refractivity contribution is -0.136. The van der Waals surface area contributed by atoms with Crippen LogP contribution in [0.2, 0.25) is 0 Å². The van der Waals surface area contributed by atoms with E-state index in [4.69, 9.17) is 9.57 Å². The Morgan fingerprint density at radius 3 is 2.83 bits per heavy atom. The minimum Gasteiger partial charge on any atom is -0.483 e. The summed E-state index contributed by atoms with van der Waals surface area (Å²) in [5.74, 6) is -0.0429. The molecule has 0 aliphatic carbocycles. The van der Waals surface area contributed by atoms with Crippen LogP contribution in [-0.4, -0.2) is 19.1 Å². The van der Waals surface area contributed by atoms with Gasteiger partial charge in [-0.2, -0.15) is 0 Å². The van der Waals surface area contributed by atoms with Crippen LogP contribution in [0.4, 0.5) is 4.39 Å². The number of carbonyl (C=O) groups is 1. The van der Waals surface area contributed by atoms with Crippen molar-refractivity contribution in [1.82, 2.24) is 5.48 Å². The molecule has 4 nitrogen and oxygen atoms in total. The van der Waals surface area contributed by atoms with Crippen LogP contribution in [-0.2, 0) is 9.63 Å². The van der Waals surface area contributed by atoms with Crippen LogP contribution in [0.25, 0.3) is 0 Å². The highest BCUT2D eigenvalue weighted by Crippen LogP contribution is 2.25. The Labute approximate surface area is 114 Å². The lowest BCUT2D eigenvalue weighted by Crippen LogP contribution is -2.30. The highest BCUT2D eigenvalue weighted by Gasteiger charge is 2.06. The van der Waals surface area contributed by atoms with Crippen LogP contribution >= 0.6 is 15.9 Å². The molecule has 0 bridgehead atoms. The van der Waals surface area contributed by atoms with Crippen molar-refractivity contribution in [1.29, 1.82) is 0 Å². The number of hydroxylamine groups is 1. The lowest BCUT2D eigenvalue weighted by Gasteiger charge is -2.10. The summed E-state index contributed by atoms with van der Waals surface area (Å²) in [6.07, 6.45) is 0. The number of ether oxygens (including phenoxy) is 1. The highest BCUT2D eigenvalue weighted by atomic mass is 79.9. The molecule has 1 aromatic rings. The Morgan fingerprint density at radius 2 is 2.22 bits per heavy atom. The number of nitrogens with one attached hydrogen (secondary N) is 1. The van der Waals surface area contributed by atoms with Crippen LogP contribution in [0.3, 0.4) is 0 Å². The fraction of sp³-hybridized carbons (Fsp3) is 0.417. The molecule has 0 fully saturated rings. The SMILES string of the molecule is CC(C)CONC(=O)COc1ccc(F)cc1Br. The molecule has 0 aromatic heterocycles. The second-order valence-corrected chi connectivity index (χ2v) is 4.95. The van der Waals surface area contributed by atoms with Crippen LogP contribution in [0, 0.1) is 11.7 Å². The predicted molar refractivity (Wildman–Crippen MR) is 68.5 cm³/mol. The molecule has 1 aromatic carbocycles. The van der Waals surface area contributed by atoms with E-state index in [1.807, 2.05) is 13.8 Å². The van der Waals surface area contributed by atoms with E-state index in [0.717, 1.165) is 0 Å². The van der Waals surface area contributed by atoms with Gasteiger partial charge in [-0.3, -0.25) is 9.63 Å². The van der Waals surface area contributed by atoms with Gasteiger partial charge in [-0.1, -0.05) is 13.8 Å². The second-order valence-electron chi connectivity index (χ2n) is 4.09. The van der Waals surface area contributed by atoms with Gasteiger partial charge in [0, 0.05) is 0 Å². The van der Waals surface area contributed by atoms with E-state index in [1.165, 1.54) is 18.2 Å². The molecule has 1 rings (SSSR count). The largest absolute Gasteiger partial charge is 0.483 e. The van der Waals surface area contributed by atoms with Crippen molar-refractivity contribution >= 4 is 21.8 Å². The van der Waals surface area contributed by atoms with Gasteiger partial charge >= 0.3 is 0 Å². The first-order chi connectivity index (χ1) is 8.49. The summed E-state index contributed by atoms with van der Waals surface area (Å²) < 4.78 is 18.5. The summed E-state index contributed by atoms with van der Waals surface area (Å²) >= 11 is 3.14. The topological polar surface area (TPSA) is 47.6 Å². The van der Waals surface area contributed by atoms with Gasteiger partial charge in [0.05, 0.1) is 11.1 Å². The van der Waals surface area contributed by atoms with Gasteiger partial charge in [0.2, 0.25) is 0 Å². The molecule has 0 aliphatic rings. The number of halogens is 2. The van der Waals surface area contributed by atoms with Gasteiger partial charge in [-0.25, -0.2) is 9.87 Å². The van der Waals surface area contributed by atoms with E-state index in [1.54, 1.807) is 0 Å². The standard InChI is InChI=1S/C12H15BrFNO3/c1-8(2)6-18-15-12(16)7-17-11-4-3-9(14)5-10(11)13/h3-5,8H,6-7H2,1-2H3,(H,15,16). The Kier molecular flexibility index (Phi) is 6.07. The van der Waals surface area contributed by atoms with E-state index >= 15 is 0 Å². The zero-order valence-electron chi connectivity index (χ0n) is 10.2. The first kappa shape index (κ1) is 14.9. The number of carbonyl (C=O) groups excluding carboxylic acids is 1. The molecule has 0 radical (unpaired) electrons. The zero-order chi connectivity index (χ0) is 13.5. The van der Waals surface area contributed by atoms with Gasteiger partial charge in [0.25, 0.3) is 5.91 Å². The lowest BCUT2D eigenvalue weighted by atomic mass is 10.2. The number of hydrogen-bond donors (Lipinski definition) is 1. The molecule has 0 atom stereocenters. The molecule has 0 aliphatic heterocycles. The van der Waals surface area contributed by atoms with Crippen LogP contribution in [0.5, 0.6) is 5.75 Å². The maximum atomic E-state index is 12.8. The average Bonchev–Trinajstić information content (AvgIpc) is 2.27. The molecule has 1 N–H and O–H groups in total. The van der Waals surface area contributed by atoms with Crippen molar-refractivity contribution in [2.24, 2.45) is 5.92 Å². The van der Waals surface area contributed by atoms with Crippen molar-refractivity contribution in [2.75, 3.05) is 13.2 Å². The molecule has 6 heteroatoms. The fourth-order valence-electron chi connectivity index (χ4n) is 1.05. The van der Waals surface area contributed by atoms with Crippen molar-refractivity contribution in [2.45, 2.75) is 13.8 Å². The van der Waals surface area contributed by atoms with Gasteiger partial charge in [-0.15, -0.1) is 0 Å². The van der Waals surface area contributed by atoms with E-state index < -0.39 is 5.91 Å². The molecule has 0 saturated carbocycles. The van der Waals surface area contributed by atoms with Crippen molar-refractivity contribution in [3.8, 4) is 5.75 Å². The van der Waals surface area contributed by atoms with Gasteiger partial charge in [0.15, 0.2) is 6.61 Å². The van der Waals surface area contributed by atoms with Crippen LogP contribution in [0.15, 0.2) is 22.7 Å². The Bertz CT molecular complexity index is 412. The molecular weight excluding hydrogens is 305 g/mol. The third kappa shape index (κ3) is 5.46. The minimum absolute atomic E-state index is 0.192. The van der Waals surface area contributed by atoms with Gasteiger partial charge < -0.3 is 4.74 Å². The second kappa shape index (κ2) is 7.33. The summed E-state index contributed by atoms with van der Waals surface area (Å²) in [5.41, 5.74) is 2.26.